The number of nitrogens with one attached hydrogen (secondary N) is 2. The molecule has 2 amide bonds. The van der Waals surface area contributed by atoms with Crippen LogP contribution in [0.25, 0.3) is 4.85 Å². The number of amides is 2. The Morgan fingerprint density at radius 3 is 2.19 bits per heavy atom. The Kier molecular flexibility index (Phi) is 6.27. The number of methoxy groups -OCH3 is 2. The van der Waals surface area contributed by atoms with Crippen LogP contribution < -0.4 is 20.1 Å². The van der Waals surface area contributed by atoms with Gasteiger partial charge in [-0.3, -0.25) is 14.9 Å². The van der Waals surface area contributed by atoms with Crippen LogP contribution >= 0.6 is 0 Å². The number of nitrogens with zero attached hydrogens (tertiary/aromatic N) is 3. The standard InChI is InChI=1S/C18H19N5O4/c1-10(24)21-17-13(9-20-18(23-17)22-11(2)25)6-12-7-14(26-4)16(19-3)15(8-12)27-5/h7-9H,6H2,1-2,4-5H3,(H2,20,21,22,23,24,25). The van der Waals surface area contributed by atoms with Crippen LogP contribution in [0.4, 0.5) is 17.5 Å². The fourth-order valence-electron chi connectivity index (χ4n) is 2.41. The van der Waals surface area contributed by atoms with E-state index in [-0.39, 0.29) is 29.3 Å². The zero-order chi connectivity index (χ0) is 20.0. The number of carbonyl (C=O) groups is 2. The molecule has 0 unspecified atom stereocenters. The lowest BCUT2D eigenvalue weighted by Crippen LogP contribution is -2.15. The van der Waals surface area contributed by atoms with E-state index in [9.17, 15) is 9.59 Å². The average Bonchev–Trinajstić information content (AvgIpc) is 2.62. The molecule has 140 valence electrons. The maximum atomic E-state index is 11.5. The van der Waals surface area contributed by atoms with E-state index in [2.05, 4.69) is 25.4 Å². The first-order chi connectivity index (χ1) is 12.9. The van der Waals surface area contributed by atoms with Gasteiger partial charge in [-0.1, -0.05) is 0 Å². The van der Waals surface area contributed by atoms with Gasteiger partial charge in [-0.05, 0) is 17.7 Å². The van der Waals surface area contributed by atoms with Gasteiger partial charge in [0.05, 0.1) is 20.8 Å². The molecule has 0 radical (unpaired) electrons. The van der Waals surface area contributed by atoms with E-state index in [0.717, 1.165) is 5.56 Å². The SMILES string of the molecule is [C-]#[N+]c1c(OC)cc(Cc2cnc(NC(C)=O)nc2NC(C)=O)cc1OC. The number of hydrogen-bond acceptors (Lipinski definition) is 6. The molecular formula is C18H19N5O4. The van der Waals surface area contributed by atoms with Crippen molar-refractivity contribution in [3.05, 3.63) is 40.9 Å². The van der Waals surface area contributed by atoms with Crippen molar-refractivity contribution in [1.29, 1.82) is 0 Å². The van der Waals surface area contributed by atoms with Crippen LogP contribution in [0.2, 0.25) is 0 Å². The monoisotopic (exact) mass is 369 g/mol. The highest BCUT2D eigenvalue weighted by molar-refractivity contribution is 5.90. The van der Waals surface area contributed by atoms with Crippen LogP contribution in [0.3, 0.4) is 0 Å². The van der Waals surface area contributed by atoms with Crippen molar-refractivity contribution in [2.75, 3.05) is 24.9 Å². The molecule has 1 aromatic carbocycles. The first-order valence-electron chi connectivity index (χ1n) is 7.91. The summed E-state index contributed by atoms with van der Waals surface area (Å²) in [5.41, 5.74) is 1.68. The maximum Gasteiger partial charge on any atom is 0.268 e. The quantitative estimate of drug-likeness (QED) is 0.758. The fourth-order valence-corrected chi connectivity index (χ4v) is 2.41. The highest BCUT2D eigenvalue weighted by atomic mass is 16.5. The summed E-state index contributed by atoms with van der Waals surface area (Å²) in [6.07, 6.45) is 1.87. The molecular weight excluding hydrogens is 350 g/mol. The predicted octanol–water partition coefficient (Wildman–Crippen LogP) is 2.55. The van der Waals surface area contributed by atoms with Crippen LogP contribution in [-0.2, 0) is 16.0 Å². The van der Waals surface area contributed by atoms with E-state index in [4.69, 9.17) is 16.0 Å². The molecule has 0 saturated heterocycles. The van der Waals surface area contributed by atoms with Gasteiger partial charge in [-0.2, -0.15) is 4.98 Å². The third-order valence-corrected chi connectivity index (χ3v) is 3.49. The summed E-state index contributed by atoms with van der Waals surface area (Å²) in [6, 6.07) is 3.43. The van der Waals surface area contributed by atoms with Gasteiger partial charge in [0, 0.05) is 32.0 Å². The first-order valence-corrected chi connectivity index (χ1v) is 7.91. The molecule has 0 saturated carbocycles. The molecule has 2 N–H and O–H groups in total. The summed E-state index contributed by atoms with van der Waals surface area (Å²) in [4.78, 5) is 34.4. The number of aromatic nitrogens is 2. The van der Waals surface area contributed by atoms with Crippen molar-refractivity contribution in [2.24, 2.45) is 0 Å². The maximum absolute atomic E-state index is 11.5. The number of carbonyl (C=O) groups excluding carboxylic acids is 2. The summed E-state index contributed by atoms with van der Waals surface area (Å²) in [5.74, 6) is 0.525. The molecule has 0 bridgehead atoms. The van der Waals surface area contributed by atoms with Gasteiger partial charge in [0.2, 0.25) is 17.8 Å². The second kappa shape index (κ2) is 8.62. The minimum absolute atomic E-state index is 0.0912. The van der Waals surface area contributed by atoms with Crippen molar-refractivity contribution in [3.8, 4) is 11.5 Å². The third kappa shape index (κ3) is 4.92. The minimum Gasteiger partial charge on any atom is -0.508 e. The molecule has 27 heavy (non-hydrogen) atoms. The number of rotatable bonds is 6. The lowest BCUT2D eigenvalue weighted by atomic mass is 10.0. The van der Waals surface area contributed by atoms with Gasteiger partial charge in [0.15, 0.2) is 0 Å². The van der Waals surface area contributed by atoms with Crippen molar-refractivity contribution < 1.29 is 19.1 Å². The second-order valence-corrected chi connectivity index (χ2v) is 5.57. The van der Waals surface area contributed by atoms with Crippen molar-refractivity contribution in [3.63, 3.8) is 0 Å². The summed E-state index contributed by atoms with van der Waals surface area (Å²) in [5, 5.41) is 5.11. The number of anilines is 2. The highest BCUT2D eigenvalue weighted by Gasteiger charge is 2.15. The Bertz CT molecular complexity index is 895. The highest BCUT2D eigenvalue weighted by Crippen LogP contribution is 2.39. The van der Waals surface area contributed by atoms with Crippen LogP contribution in [-0.4, -0.2) is 36.0 Å². The summed E-state index contributed by atoms with van der Waals surface area (Å²) >= 11 is 0. The lowest BCUT2D eigenvalue weighted by molar-refractivity contribution is -0.115. The third-order valence-electron chi connectivity index (χ3n) is 3.49. The Balaban J connectivity index is 2.45. The van der Waals surface area contributed by atoms with Gasteiger partial charge >= 0.3 is 0 Å². The molecule has 0 atom stereocenters. The molecule has 1 heterocycles. The normalized spacial score (nSPS) is 9.89. The molecule has 2 rings (SSSR count). The van der Waals surface area contributed by atoms with E-state index in [1.54, 1.807) is 12.1 Å². The fraction of sp³-hybridized carbons (Fsp3) is 0.278. The van der Waals surface area contributed by atoms with Crippen molar-refractivity contribution in [2.45, 2.75) is 20.3 Å². The number of benzene rings is 1. The molecule has 0 fully saturated rings. The van der Waals surface area contributed by atoms with Crippen molar-refractivity contribution >= 4 is 29.3 Å². The Morgan fingerprint density at radius 2 is 1.70 bits per heavy atom. The lowest BCUT2D eigenvalue weighted by Gasteiger charge is -2.13. The van der Waals surface area contributed by atoms with E-state index in [0.29, 0.717) is 23.5 Å². The van der Waals surface area contributed by atoms with E-state index in [1.807, 2.05) is 0 Å². The summed E-state index contributed by atoms with van der Waals surface area (Å²) in [7, 11) is 2.95. The molecule has 2 aromatic rings. The van der Waals surface area contributed by atoms with Crippen LogP contribution in [0.1, 0.15) is 25.0 Å². The topological polar surface area (TPSA) is 107 Å². The molecule has 1 aromatic heterocycles. The molecule has 9 heteroatoms. The zero-order valence-electron chi connectivity index (χ0n) is 15.4. The molecule has 0 aliphatic heterocycles. The van der Waals surface area contributed by atoms with E-state index < -0.39 is 0 Å². The zero-order valence-corrected chi connectivity index (χ0v) is 15.4. The second-order valence-electron chi connectivity index (χ2n) is 5.57. The Labute approximate surface area is 156 Å². The minimum atomic E-state index is -0.319. The average molecular weight is 369 g/mol. The van der Waals surface area contributed by atoms with Gasteiger partial charge < -0.3 is 14.8 Å². The van der Waals surface area contributed by atoms with Gasteiger partial charge in [0.1, 0.15) is 17.3 Å². The number of hydrogen-bond donors (Lipinski definition) is 2. The van der Waals surface area contributed by atoms with E-state index in [1.165, 1.54) is 34.3 Å². The van der Waals surface area contributed by atoms with Crippen LogP contribution in [0.5, 0.6) is 11.5 Å². The van der Waals surface area contributed by atoms with Crippen molar-refractivity contribution in [1.82, 2.24) is 9.97 Å². The largest absolute Gasteiger partial charge is 0.508 e. The van der Waals surface area contributed by atoms with Gasteiger partial charge in [-0.15, -0.1) is 0 Å². The van der Waals surface area contributed by atoms with Crippen LogP contribution in [0, 0.1) is 6.57 Å². The molecule has 0 spiro atoms. The molecule has 9 nitrogen and oxygen atoms in total. The molecule has 0 aliphatic rings. The number of ether oxygens (including phenoxy) is 2. The Hall–Kier alpha value is -3.67. The smallest absolute Gasteiger partial charge is 0.268 e. The van der Waals surface area contributed by atoms with E-state index >= 15 is 0 Å². The van der Waals surface area contributed by atoms with Gasteiger partial charge in [-0.25, -0.2) is 9.83 Å². The first kappa shape index (κ1) is 19.7. The summed E-state index contributed by atoms with van der Waals surface area (Å²) < 4.78 is 10.5. The van der Waals surface area contributed by atoms with Gasteiger partial charge in [0.25, 0.3) is 5.69 Å². The Morgan fingerprint density at radius 1 is 1.11 bits per heavy atom. The molecule has 0 aliphatic carbocycles. The van der Waals surface area contributed by atoms with Crippen LogP contribution in [0.15, 0.2) is 18.3 Å². The summed E-state index contributed by atoms with van der Waals surface area (Å²) in [6.45, 7) is 9.98. The predicted molar refractivity (Wildman–Crippen MR) is 99.3 cm³/mol.